The number of nitrogens with zero attached hydrogens (tertiary/aromatic N) is 1. The maximum Gasteiger partial charge on any atom is 0.0198 e. The van der Waals surface area contributed by atoms with Crippen LogP contribution >= 0.6 is 0 Å². The van der Waals surface area contributed by atoms with Gasteiger partial charge < -0.3 is 5.32 Å². The van der Waals surface area contributed by atoms with Crippen LogP contribution in [0.2, 0.25) is 0 Å². The molecule has 124 valence electrons. The standard InChI is InChI=1S/C19H38N2/c1-15(2)10-11-20-18-12-17(16(3)4)13-21(14-18)19-8-6-5-7-9-19/h15-20H,5-14H2,1-4H3. The lowest BCUT2D eigenvalue weighted by molar-refractivity contribution is 0.0617. The average molecular weight is 295 g/mol. The summed E-state index contributed by atoms with van der Waals surface area (Å²) in [6.07, 6.45) is 9.98. The Kier molecular flexibility index (Phi) is 7.01. The second kappa shape index (κ2) is 8.53. The molecule has 1 aliphatic carbocycles. The van der Waals surface area contributed by atoms with E-state index in [0.29, 0.717) is 0 Å². The third kappa shape index (κ3) is 5.56. The van der Waals surface area contributed by atoms with Crippen LogP contribution in [0.15, 0.2) is 0 Å². The minimum absolute atomic E-state index is 0.729. The Balaban J connectivity index is 1.88. The summed E-state index contributed by atoms with van der Waals surface area (Å²) >= 11 is 0. The van der Waals surface area contributed by atoms with Gasteiger partial charge >= 0.3 is 0 Å². The lowest BCUT2D eigenvalue weighted by Crippen LogP contribution is -2.54. The highest BCUT2D eigenvalue weighted by Crippen LogP contribution is 2.30. The molecule has 2 fully saturated rings. The first-order chi connectivity index (χ1) is 10.1. The second-order valence-electron chi connectivity index (χ2n) is 8.32. The Morgan fingerprint density at radius 2 is 1.71 bits per heavy atom. The molecule has 0 spiro atoms. The van der Waals surface area contributed by atoms with Crippen LogP contribution in [0.3, 0.4) is 0 Å². The van der Waals surface area contributed by atoms with Crippen molar-refractivity contribution in [2.75, 3.05) is 19.6 Å². The molecule has 2 heteroatoms. The van der Waals surface area contributed by atoms with E-state index in [4.69, 9.17) is 0 Å². The summed E-state index contributed by atoms with van der Waals surface area (Å²) in [5.41, 5.74) is 0. The summed E-state index contributed by atoms with van der Waals surface area (Å²) in [4.78, 5) is 2.85. The van der Waals surface area contributed by atoms with E-state index in [1.165, 1.54) is 64.6 Å². The normalized spacial score (nSPS) is 29.4. The zero-order chi connectivity index (χ0) is 15.2. The molecule has 0 aromatic carbocycles. The number of hydrogen-bond donors (Lipinski definition) is 1. The molecule has 1 N–H and O–H groups in total. The number of nitrogens with one attached hydrogen (secondary N) is 1. The second-order valence-corrected chi connectivity index (χ2v) is 8.32. The Bertz CT molecular complexity index is 281. The largest absolute Gasteiger partial charge is 0.313 e. The fourth-order valence-electron chi connectivity index (χ4n) is 4.12. The number of rotatable bonds is 6. The Morgan fingerprint density at radius 3 is 2.33 bits per heavy atom. The number of likely N-dealkylation sites (tertiary alicyclic amines) is 1. The van der Waals surface area contributed by atoms with E-state index in [2.05, 4.69) is 37.9 Å². The Morgan fingerprint density at radius 1 is 1.00 bits per heavy atom. The molecule has 0 radical (unpaired) electrons. The third-order valence-electron chi connectivity index (χ3n) is 5.70. The summed E-state index contributed by atoms with van der Waals surface area (Å²) in [6.45, 7) is 13.3. The fourth-order valence-corrected chi connectivity index (χ4v) is 4.12. The third-order valence-corrected chi connectivity index (χ3v) is 5.70. The van der Waals surface area contributed by atoms with Crippen molar-refractivity contribution in [1.29, 1.82) is 0 Å². The van der Waals surface area contributed by atoms with Gasteiger partial charge in [0.15, 0.2) is 0 Å². The predicted octanol–water partition coefficient (Wildman–Crippen LogP) is 4.30. The summed E-state index contributed by atoms with van der Waals surface area (Å²) in [5.74, 6) is 2.53. The van der Waals surface area contributed by atoms with Crippen molar-refractivity contribution >= 4 is 0 Å². The van der Waals surface area contributed by atoms with Gasteiger partial charge in [-0.1, -0.05) is 47.0 Å². The van der Waals surface area contributed by atoms with Crippen molar-refractivity contribution in [2.24, 2.45) is 17.8 Å². The van der Waals surface area contributed by atoms with Crippen LogP contribution in [0.5, 0.6) is 0 Å². The molecular formula is C19H38N2. The van der Waals surface area contributed by atoms with Crippen molar-refractivity contribution < 1.29 is 0 Å². The maximum atomic E-state index is 3.87. The molecule has 2 atom stereocenters. The molecule has 21 heavy (non-hydrogen) atoms. The monoisotopic (exact) mass is 294 g/mol. The van der Waals surface area contributed by atoms with Gasteiger partial charge in [0.25, 0.3) is 0 Å². The van der Waals surface area contributed by atoms with Crippen LogP contribution < -0.4 is 5.32 Å². The van der Waals surface area contributed by atoms with Gasteiger partial charge in [-0.15, -0.1) is 0 Å². The van der Waals surface area contributed by atoms with Gasteiger partial charge in [0, 0.05) is 25.2 Å². The quantitative estimate of drug-likeness (QED) is 0.785. The van der Waals surface area contributed by atoms with Crippen molar-refractivity contribution in [2.45, 2.75) is 84.7 Å². The van der Waals surface area contributed by atoms with Crippen molar-refractivity contribution in [3.05, 3.63) is 0 Å². The molecule has 2 rings (SSSR count). The van der Waals surface area contributed by atoms with E-state index < -0.39 is 0 Å². The number of hydrogen-bond acceptors (Lipinski definition) is 2. The Hall–Kier alpha value is -0.0800. The van der Waals surface area contributed by atoms with E-state index in [9.17, 15) is 0 Å². The van der Waals surface area contributed by atoms with Crippen LogP contribution in [0.1, 0.15) is 72.6 Å². The SMILES string of the molecule is CC(C)CCNC1CC(C(C)C)CN(C2CCCCC2)C1. The minimum Gasteiger partial charge on any atom is -0.313 e. The van der Waals surface area contributed by atoms with Gasteiger partial charge in [-0.25, -0.2) is 0 Å². The molecule has 1 heterocycles. The van der Waals surface area contributed by atoms with E-state index in [1.807, 2.05) is 0 Å². The van der Waals surface area contributed by atoms with Gasteiger partial charge in [-0.05, 0) is 50.0 Å². The molecule has 2 aliphatic rings. The highest BCUT2D eigenvalue weighted by atomic mass is 15.2. The molecule has 1 saturated carbocycles. The smallest absolute Gasteiger partial charge is 0.0198 e. The zero-order valence-electron chi connectivity index (χ0n) is 14.9. The first-order valence-electron chi connectivity index (χ1n) is 9.53. The van der Waals surface area contributed by atoms with Crippen LogP contribution in [-0.2, 0) is 0 Å². The molecule has 2 nitrogen and oxygen atoms in total. The van der Waals surface area contributed by atoms with Gasteiger partial charge in [-0.3, -0.25) is 4.90 Å². The van der Waals surface area contributed by atoms with Crippen LogP contribution in [-0.4, -0.2) is 36.6 Å². The van der Waals surface area contributed by atoms with Crippen LogP contribution in [0.25, 0.3) is 0 Å². The van der Waals surface area contributed by atoms with Crippen molar-refractivity contribution in [3.8, 4) is 0 Å². The van der Waals surface area contributed by atoms with Crippen molar-refractivity contribution in [3.63, 3.8) is 0 Å². The molecule has 0 bridgehead atoms. The molecule has 0 aromatic heterocycles. The van der Waals surface area contributed by atoms with Crippen LogP contribution in [0.4, 0.5) is 0 Å². The lowest BCUT2D eigenvalue weighted by Gasteiger charge is -2.44. The van der Waals surface area contributed by atoms with E-state index in [0.717, 1.165) is 29.8 Å². The molecule has 0 amide bonds. The number of piperidine rings is 1. The highest BCUT2D eigenvalue weighted by Gasteiger charge is 2.32. The molecule has 1 saturated heterocycles. The van der Waals surface area contributed by atoms with Gasteiger partial charge in [0.2, 0.25) is 0 Å². The highest BCUT2D eigenvalue weighted by molar-refractivity contribution is 4.89. The van der Waals surface area contributed by atoms with E-state index in [1.54, 1.807) is 0 Å². The predicted molar refractivity (Wildman–Crippen MR) is 92.6 cm³/mol. The zero-order valence-corrected chi connectivity index (χ0v) is 14.9. The van der Waals surface area contributed by atoms with Crippen molar-refractivity contribution in [1.82, 2.24) is 10.2 Å². The molecule has 0 aromatic rings. The van der Waals surface area contributed by atoms with Gasteiger partial charge in [0.1, 0.15) is 0 Å². The molecule has 1 aliphatic heterocycles. The summed E-state index contributed by atoms with van der Waals surface area (Å²) in [7, 11) is 0. The van der Waals surface area contributed by atoms with Crippen LogP contribution in [0, 0.1) is 17.8 Å². The summed E-state index contributed by atoms with van der Waals surface area (Å²) < 4.78 is 0. The van der Waals surface area contributed by atoms with E-state index in [-0.39, 0.29) is 0 Å². The molecule has 2 unspecified atom stereocenters. The minimum atomic E-state index is 0.729. The molecular weight excluding hydrogens is 256 g/mol. The lowest BCUT2D eigenvalue weighted by atomic mass is 9.83. The van der Waals surface area contributed by atoms with Gasteiger partial charge in [0.05, 0.1) is 0 Å². The summed E-state index contributed by atoms with van der Waals surface area (Å²) in [6, 6.07) is 1.61. The average Bonchev–Trinajstić information content (AvgIpc) is 2.47. The first-order valence-corrected chi connectivity index (χ1v) is 9.53. The first kappa shape index (κ1) is 17.3. The summed E-state index contributed by atoms with van der Waals surface area (Å²) in [5, 5.41) is 3.87. The fraction of sp³-hybridized carbons (Fsp3) is 1.00. The van der Waals surface area contributed by atoms with E-state index >= 15 is 0 Å². The maximum absolute atomic E-state index is 3.87. The Labute approximate surface area is 133 Å². The van der Waals surface area contributed by atoms with Gasteiger partial charge in [-0.2, -0.15) is 0 Å². The topological polar surface area (TPSA) is 15.3 Å².